The van der Waals surface area contributed by atoms with E-state index in [2.05, 4.69) is 25.2 Å². The minimum absolute atomic E-state index is 0.000531. The summed E-state index contributed by atoms with van der Waals surface area (Å²) in [7, 11) is 0. The number of amides is 1. The maximum Gasteiger partial charge on any atom is 0.248 e. The molecule has 2 aromatic rings. The minimum atomic E-state index is -2.53. The topological polar surface area (TPSA) is 73.9 Å². The van der Waals surface area contributed by atoms with Crippen LogP contribution in [0.2, 0.25) is 0 Å². The largest absolute Gasteiger partial charge is 0.356 e. The molecule has 2 aromatic heterocycles. The Morgan fingerprint density at radius 2 is 2.15 bits per heavy atom. The fraction of sp³-hybridized carbons (Fsp3) is 0.632. The van der Waals surface area contributed by atoms with Gasteiger partial charge < -0.3 is 15.2 Å². The molecule has 27 heavy (non-hydrogen) atoms. The third-order valence-corrected chi connectivity index (χ3v) is 6.51. The zero-order valence-electron chi connectivity index (χ0n) is 15.0. The van der Waals surface area contributed by atoms with Crippen LogP contribution in [0.5, 0.6) is 0 Å². The summed E-state index contributed by atoms with van der Waals surface area (Å²) in [6.07, 6.45) is 6.06. The Kier molecular flexibility index (Phi) is 3.67. The van der Waals surface area contributed by atoms with Crippen molar-refractivity contribution in [3.8, 4) is 0 Å². The molecule has 0 aromatic carbocycles. The van der Waals surface area contributed by atoms with Crippen LogP contribution < -0.4 is 10.2 Å². The third-order valence-electron chi connectivity index (χ3n) is 6.51. The van der Waals surface area contributed by atoms with E-state index in [1.165, 1.54) is 0 Å². The number of fused-ring (bicyclic) bond motifs is 1. The molecule has 2 N–H and O–H groups in total. The molecule has 2 saturated carbocycles. The molecule has 3 aliphatic rings. The summed E-state index contributed by atoms with van der Waals surface area (Å²) < 4.78 is 25.9. The average molecular weight is 375 g/mol. The summed E-state index contributed by atoms with van der Waals surface area (Å²) in [5.74, 6) is -1.68. The van der Waals surface area contributed by atoms with E-state index < -0.39 is 5.92 Å². The summed E-state index contributed by atoms with van der Waals surface area (Å²) in [6.45, 7) is 1.95. The van der Waals surface area contributed by atoms with E-state index in [1.54, 1.807) is 6.33 Å². The van der Waals surface area contributed by atoms with Crippen LogP contribution in [0, 0.1) is 17.3 Å². The molecule has 8 heteroatoms. The molecule has 3 fully saturated rings. The monoisotopic (exact) mass is 375 g/mol. The summed E-state index contributed by atoms with van der Waals surface area (Å²) in [5, 5.41) is 3.95. The first-order valence-electron chi connectivity index (χ1n) is 9.64. The zero-order valence-corrected chi connectivity index (χ0v) is 15.0. The Hall–Kier alpha value is -2.25. The number of aromatic amines is 1. The van der Waals surface area contributed by atoms with Crippen molar-refractivity contribution in [1.29, 1.82) is 0 Å². The van der Waals surface area contributed by atoms with E-state index in [9.17, 15) is 13.6 Å². The van der Waals surface area contributed by atoms with Gasteiger partial charge in [0.1, 0.15) is 17.8 Å². The number of nitrogens with zero attached hydrogens (tertiary/aromatic N) is 3. The van der Waals surface area contributed by atoms with Crippen LogP contribution in [0.4, 0.5) is 14.6 Å². The van der Waals surface area contributed by atoms with E-state index >= 15 is 0 Å². The maximum absolute atomic E-state index is 13.0. The number of H-pyrrole nitrogens is 1. The van der Waals surface area contributed by atoms with Gasteiger partial charge in [0.05, 0.1) is 5.39 Å². The highest BCUT2D eigenvalue weighted by Gasteiger charge is 2.55. The number of anilines is 1. The Balaban J connectivity index is 1.25. The lowest BCUT2D eigenvalue weighted by molar-refractivity contribution is -0.131. The van der Waals surface area contributed by atoms with Crippen LogP contribution >= 0.6 is 0 Å². The molecule has 1 spiro atoms. The van der Waals surface area contributed by atoms with Gasteiger partial charge in [0, 0.05) is 44.6 Å². The van der Waals surface area contributed by atoms with Crippen LogP contribution in [-0.2, 0) is 4.79 Å². The summed E-state index contributed by atoms with van der Waals surface area (Å²) in [4.78, 5) is 26.8. The second-order valence-corrected chi connectivity index (χ2v) is 8.44. The van der Waals surface area contributed by atoms with Crippen LogP contribution in [0.3, 0.4) is 0 Å². The van der Waals surface area contributed by atoms with Crippen molar-refractivity contribution in [1.82, 2.24) is 20.3 Å². The molecule has 1 unspecified atom stereocenters. The first-order valence-corrected chi connectivity index (χ1v) is 9.64. The Labute approximate surface area is 155 Å². The Bertz CT molecular complexity index is 870. The van der Waals surface area contributed by atoms with Gasteiger partial charge in [-0.15, -0.1) is 0 Å². The number of aromatic nitrogens is 3. The summed E-state index contributed by atoms with van der Waals surface area (Å²) in [5.41, 5.74) is 0.821. The third kappa shape index (κ3) is 2.95. The van der Waals surface area contributed by atoms with Gasteiger partial charge in [0.15, 0.2) is 0 Å². The molecule has 144 valence electrons. The van der Waals surface area contributed by atoms with E-state index in [0.29, 0.717) is 6.54 Å². The van der Waals surface area contributed by atoms with E-state index in [1.807, 2.05) is 12.3 Å². The van der Waals surface area contributed by atoms with Crippen molar-refractivity contribution in [3.05, 3.63) is 18.6 Å². The number of hydrogen-bond donors (Lipinski definition) is 2. The molecule has 1 amide bonds. The lowest BCUT2D eigenvalue weighted by Crippen LogP contribution is -2.50. The highest BCUT2D eigenvalue weighted by molar-refractivity contribution is 5.87. The lowest BCUT2D eigenvalue weighted by Gasteiger charge is -2.40. The smallest absolute Gasteiger partial charge is 0.248 e. The minimum Gasteiger partial charge on any atom is -0.356 e. The van der Waals surface area contributed by atoms with Gasteiger partial charge in [-0.3, -0.25) is 4.79 Å². The van der Waals surface area contributed by atoms with Gasteiger partial charge in [0.25, 0.3) is 0 Å². The summed E-state index contributed by atoms with van der Waals surface area (Å²) in [6, 6.07) is 1.98. The lowest BCUT2D eigenvalue weighted by atomic mass is 9.80. The van der Waals surface area contributed by atoms with Crippen molar-refractivity contribution >= 4 is 22.8 Å². The number of piperidine rings is 1. The van der Waals surface area contributed by atoms with Crippen molar-refractivity contribution in [2.75, 3.05) is 24.5 Å². The zero-order chi connectivity index (χ0) is 18.6. The number of halogens is 2. The van der Waals surface area contributed by atoms with Gasteiger partial charge in [0.2, 0.25) is 11.8 Å². The molecule has 0 bridgehead atoms. The molecule has 2 aliphatic carbocycles. The molecule has 0 radical (unpaired) electrons. The fourth-order valence-corrected chi connectivity index (χ4v) is 4.83. The number of alkyl halides is 2. The van der Waals surface area contributed by atoms with Gasteiger partial charge in [-0.2, -0.15) is 0 Å². The van der Waals surface area contributed by atoms with Crippen molar-refractivity contribution in [2.24, 2.45) is 17.3 Å². The maximum atomic E-state index is 13.0. The van der Waals surface area contributed by atoms with Crippen LogP contribution in [0.15, 0.2) is 18.6 Å². The number of rotatable bonds is 4. The van der Waals surface area contributed by atoms with Gasteiger partial charge in [-0.05, 0) is 36.7 Å². The van der Waals surface area contributed by atoms with Gasteiger partial charge in [-0.1, -0.05) is 0 Å². The first-order chi connectivity index (χ1) is 13.0. The normalized spacial score (nSPS) is 26.1. The second kappa shape index (κ2) is 5.87. The highest BCUT2D eigenvalue weighted by Crippen LogP contribution is 2.56. The van der Waals surface area contributed by atoms with E-state index in [-0.39, 0.29) is 36.0 Å². The van der Waals surface area contributed by atoms with Gasteiger partial charge in [-0.25, -0.2) is 18.7 Å². The fourth-order valence-electron chi connectivity index (χ4n) is 4.83. The molecule has 1 atom stereocenters. The molecule has 6 nitrogen and oxygen atoms in total. The van der Waals surface area contributed by atoms with Gasteiger partial charge >= 0.3 is 0 Å². The van der Waals surface area contributed by atoms with E-state index in [0.717, 1.165) is 49.2 Å². The predicted octanol–water partition coefficient (Wildman–Crippen LogP) is 2.73. The van der Waals surface area contributed by atoms with Crippen molar-refractivity contribution < 1.29 is 13.6 Å². The van der Waals surface area contributed by atoms with Crippen molar-refractivity contribution in [2.45, 2.75) is 38.0 Å². The predicted molar refractivity (Wildman–Crippen MR) is 96.6 cm³/mol. The van der Waals surface area contributed by atoms with Crippen LogP contribution in [-0.4, -0.2) is 46.4 Å². The SMILES string of the molecule is O=C(NCC1CC(F)(F)C1)C1CCN(c2ncnc3[nH]ccc23)CC12CC2. The Morgan fingerprint density at radius 3 is 2.89 bits per heavy atom. The number of carbonyl (C=O) groups excluding carboxylic acids is 1. The van der Waals surface area contributed by atoms with E-state index in [4.69, 9.17) is 0 Å². The second-order valence-electron chi connectivity index (χ2n) is 8.44. The summed E-state index contributed by atoms with van der Waals surface area (Å²) >= 11 is 0. The molecule has 3 heterocycles. The number of hydrogen-bond acceptors (Lipinski definition) is 4. The Morgan fingerprint density at radius 1 is 1.33 bits per heavy atom. The van der Waals surface area contributed by atoms with Crippen LogP contribution in [0.25, 0.3) is 11.0 Å². The quantitative estimate of drug-likeness (QED) is 0.862. The molecular weight excluding hydrogens is 352 g/mol. The highest BCUT2D eigenvalue weighted by atomic mass is 19.3. The molecular formula is C19H23F2N5O. The molecule has 1 saturated heterocycles. The number of carbonyl (C=O) groups is 1. The first kappa shape index (κ1) is 16.9. The van der Waals surface area contributed by atoms with Crippen LogP contribution in [0.1, 0.15) is 32.1 Å². The average Bonchev–Trinajstić information content (AvgIpc) is 3.19. The molecule has 5 rings (SSSR count). The number of nitrogens with one attached hydrogen (secondary N) is 2. The van der Waals surface area contributed by atoms with Crippen molar-refractivity contribution in [3.63, 3.8) is 0 Å². The molecule has 1 aliphatic heterocycles. The standard InChI is InChI=1S/C19H23F2N5O/c20-19(21)7-12(8-19)9-23-17(27)14-2-6-26(10-18(14)3-4-18)16-13-1-5-22-15(13)24-11-25-16/h1,5,11-12,14H,2-4,6-10H2,(H,23,27)(H,22,24,25).